The van der Waals surface area contributed by atoms with Crippen LogP contribution in [0.3, 0.4) is 0 Å². The van der Waals surface area contributed by atoms with E-state index in [2.05, 4.69) is 28.2 Å². The molecule has 1 N–H and O–H groups in total. The van der Waals surface area contributed by atoms with E-state index >= 15 is 0 Å². The highest BCUT2D eigenvalue weighted by molar-refractivity contribution is 5.97. The molecule has 0 unspecified atom stereocenters. The van der Waals surface area contributed by atoms with Crippen molar-refractivity contribution in [1.82, 2.24) is 15.3 Å². The van der Waals surface area contributed by atoms with Crippen LogP contribution in [0.4, 0.5) is 16.3 Å². The van der Waals surface area contributed by atoms with Gasteiger partial charge in [0.15, 0.2) is 5.82 Å². The van der Waals surface area contributed by atoms with Crippen LogP contribution >= 0.6 is 0 Å². The van der Waals surface area contributed by atoms with Gasteiger partial charge in [-0.1, -0.05) is 19.8 Å². The molecule has 1 atom stereocenters. The van der Waals surface area contributed by atoms with E-state index in [9.17, 15) is 4.79 Å². The second-order valence-corrected chi connectivity index (χ2v) is 7.42. The van der Waals surface area contributed by atoms with E-state index in [1.54, 1.807) is 6.20 Å². The van der Waals surface area contributed by atoms with E-state index in [1.165, 1.54) is 0 Å². The predicted molar refractivity (Wildman–Crippen MR) is 108 cm³/mol. The van der Waals surface area contributed by atoms with Gasteiger partial charge in [-0.25, -0.2) is 9.78 Å². The van der Waals surface area contributed by atoms with Crippen LogP contribution < -0.4 is 15.1 Å². The third-order valence-corrected chi connectivity index (χ3v) is 5.42. The quantitative estimate of drug-likeness (QED) is 0.820. The number of hydrogen-bond donors (Lipinski definition) is 1. The molecule has 0 spiro atoms. The van der Waals surface area contributed by atoms with Crippen LogP contribution in [0.15, 0.2) is 30.5 Å². The van der Waals surface area contributed by atoms with Crippen molar-refractivity contribution < 1.29 is 4.79 Å². The van der Waals surface area contributed by atoms with Gasteiger partial charge in [0.1, 0.15) is 0 Å². The fraction of sp³-hybridized carbons (Fsp3) is 0.476. The van der Waals surface area contributed by atoms with Gasteiger partial charge in [0, 0.05) is 37.1 Å². The lowest BCUT2D eigenvalue weighted by Gasteiger charge is -2.36. The summed E-state index contributed by atoms with van der Waals surface area (Å²) in [6.45, 7) is 6.74. The number of fused-ring (bicyclic) bond motifs is 4. The first kappa shape index (κ1) is 17.8. The Morgan fingerprint density at radius 2 is 2.19 bits per heavy atom. The summed E-state index contributed by atoms with van der Waals surface area (Å²) in [5.74, 6) is 0.781. The molecular weight excluding hydrogens is 338 g/mol. The average Bonchev–Trinajstić information content (AvgIpc) is 3.09. The molecule has 27 heavy (non-hydrogen) atoms. The maximum absolute atomic E-state index is 13.0. The topological polar surface area (TPSA) is 61.4 Å². The summed E-state index contributed by atoms with van der Waals surface area (Å²) in [5.41, 5.74) is 3.93. The van der Waals surface area contributed by atoms with E-state index in [0.717, 1.165) is 73.8 Å². The molecule has 0 saturated carbocycles. The molecule has 0 aliphatic carbocycles. The number of pyridine rings is 2. The van der Waals surface area contributed by atoms with Crippen LogP contribution in [0.25, 0.3) is 11.3 Å². The number of urea groups is 1. The van der Waals surface area contributed by atoms with E-state index in [1.807, 2.05) is 30.0 Å². The maximum atomic E-state index is 13.0. The van der Waals surface area contributed by atoms with Gasteiger partial charge in [-0.3, -0.25) is 9.88 Å². The summed E-state index contributed by atoms with van der Waals surface area (Å²) in [6.07, 6.45) is 6.09. The zero-order valence-electron chi connectivity index (χ0n) is 16.1. The summed E-state index contributed by atoms with van der Waals surface area (Å²) in [4.78, 5) is 26.4. The van der Waals surface area contributed by atoms with Crippen LogP contribution in [0.1, 0.15) is 38.3 Å². The highest BCUT2D eigenvalue weighted by Gasteiger charge is 2.40. The van der Waals surface area contributed by atoms with Crippen LogP contribution in [0.2, 0.25) is 0 Å². The Balaban J connectivity index is 1.64. The van der Waals surface area contributed by atoms with Gasteiger partial charge in [0.05, 0.1) is 17.4 Å². The van der Waals surface area contributed by atoms with E-state index in [4.69, 9.17) is 4.98 Å². The Kier molecular flexibility index (Phi) is 4.97. The Bertz CT molecular complexity index is 837. The number of unbranched alkanes of at least 4 members (excludes halogenated alkanes) is 2. The normalized spacial score (nSPS) is 17.8. The van der Waals surface area contributed by atoms with Crippen molar-refractivity contribution in [3.63, 3.8) is 0 Å². The molecule has 0 aromatic carbocycles. The van der Waals surface area contributed by atoms with Gasteiger partial charge in [-0.05, 0) is 44.0 Å². The van der Waals surface area contributed by atoms with Gasteiger partial charge in [0.2, 0.25) is 0 Å². The molecule has 2 bridgehead atoms. The molecule has 1 fully saturated rings. The number of anilines is 2. The third-order valence-electron chi connectivity index (χ3n) is 5.42. The number of amides is 2. The number of carbonyl (C=O) groups is 1. The lowest BCUT2D eigenvalue weighted by Crippen LogP contribution is -2.50. The summed E-state index contributed by atoms with van der Waals surface area (Å²) in [5, 5.41) is 3.10. The fourth-order valence-electron chi connectivity index (χ4n) is 3.99. The van der Waals surface area contributed by atoms with Crippen molar-refractivity contribution in [3.8, 4) is 11.3 Å². The van der Waals surface area contributed by atoms with Gasteiger partial charge in [-0.2, -0.15) is 0 Å². The highest BCUT2D eigenvalue weighted by Crippen LogP contribution is 2.40. The molecular formula is C21H27N5O. The minimum Gasteiger partial charge on any atom is -0.366 e. The molecule has 6 heteroatoms. The Morgan fingerprint density at radius 1 is 1.30 bits per heavy atom. The second kappa shape index (κ2) is 7.55. The van der Waals surface area contributed by atoms with Crippen molar-refractivity contribution in [2.24, 2.45) is 0 Å². The first-order chi connectivity index (χ1) is 13.2. The maximum Gasteiger partial charge on any atom is 0.323 e. The minimum absolute atomic E-state index is 0.0190. The highest BCUT2D eigenvalue weighted by atomic mass is 16.2. The van der Waals surface area contributed by atoms with E-state index < -0.39 is 0 Å². The largest absolute Gasteiger partial charge is 0.366 e. The molecule has 1 saturated heterocycles. The molecule has 2 aromatic heterocycles. The number of rotatable bonds is 5. The number of nitrogens with zero attached hydrogens (tertiary/aromatic N) is 4. The predicted octanol–water partition coefficient (Wildman–Crippen LogP) is 3.75. The number of carbonyl (C=O) groups excluding carboxylic acids is 1. The lowest BCUT2D eigenvalue weighted by atomic mass is 10.1. The van der Waals surface area contributed by atoms with Gasteiger partial charge < -0.3 is 10.2 Å². The van der Waals surface area contributed by atoms with Gasteiger partial charge in [-0.15, -0.1) is 0 Å². The molecule has 4 rings (SSSR count). The third kappa shape index (κ3) is 3.48. The van der Waals surface area contributed by atoms with E-state index in [-0.39, 0.29) is 12.1 Å². The number of hydrogen-bond acceptors (Lipinski definition) is 4. The summed E-state index contributed by atoms with van der Waals surface area (Å²) < 4.78 is 0. The average molecular weight is 365 g/mol. The van der Waals surface area contributed by atoms with Crippen LogP contribution in [0.5, 0.6) is 0 Å². The van der Waals surface area contributed by atoms with E-state index in [0.29, 0.717) is 0 Å². The fourth-order valence-corrected chi connectivity index (χ4v) is 3.99. The summed E-state index contributed by atoms with van der Waals surface area (Å²) >= 11 is 0. The summed E-state index contributed by atoms with van der Waals surface area (Å²) in [6, 6.07) is 8.33. The first-order valence-corrected chi connectivity index (χ1v) is 9.93. The molecule has 2 aliphatic heterocycles. The Hall–Kier alpha value is -2.63. The van der Waals surface area contributed by atoms with Crippen molar-refractivity contribution in [2.75, 3.05) is 29.4 Å². The van der Waals surface area contributed by atoms with Crippen molar-refractivity contribution >= 4 is 17.5 Å². The van der Waals surface area contributed by atoms with Gasteiger partial charge >= 0.3 is 6.03 Å². The molecule has 4 heterocycles. The monoisotopic (exact) mass is 365 g/mol. The van der Waals surface area contributed by atoms with Crippen molar-refractivity contribution in [2.45, 2.75) is 45.6 Å². The zero-order chi connectivity index (χ0) is 18.8. The van der Waals surface area contributed by atoms with Crippen molar-refractivity contribution in [1.29, 1.82) is 0 Å². The Morgan fingerprint density at radius 3 is 3.00 bits per heavy atom. The smallest absolute Gasteiger partial charge is 0.323 e. The molecule has 142 valence electrons. The van der Waals surface area contributed by atoms with Gasteiger partial charge in [0.25, 0.3) is 0 Å². The number of aryl methyl sites for hydroxylation is 1. The number of nitrogens with one attached hydrogen (secondary N) is 1. The lowest BCUT2D eigenvalue weighted by molar-refractivity contribution is 0.244. The number of aromatic nitrogens is 2. The van der Waals surface area contributed by atoms with Crippen LogP contribution in [0, 0.1) is 6.92 Å². The first-order valence-electron chi connectivity index (χ1n) is 9.93. The Labute approximate surface area is 160 Å². The molecule has 2 aliphatic rings. The molecule has 6 nitrogen and oxygen atoms in total. The molecule has 0 radical (unpaired) electrons. The standard InChI is InChI=1S/C21H27N5O/c1-3-4-5-10-23-21(27)26-17-9-12-25(14-17)19-7-6-18(24-20(19)26)16-8-11-22-15(2)13-16/h6-8,11,13,17H,3-5,9-10,12,14H2,1-2H3,(H,23,27)/t17-/m0/s1. The summed E-state index contributed by atoms with van der Waals surface area (Å²) in [7, 11) is 0. The van der Waals surface area contributed by atoms with Crippen LogP contribution in [-0.2, 0) is 0 Å². The SMILES string of the molecule is CCCCCNC(=O)N1c2nc(-c3ccnc(C)c3)ccc2N2CC[C@H]1C2. The molecule has 2 aromatic rings. The molecule has 2 amide bonds. The minimum atomic E-state index is -0.0190. The second-order valence-electron chi connectivity index (χ2n) is 7.42. The van der Waals surface area contributed by atoms with Crippen LogP contribution in [-0.4, -0.2) is 41.7 Å². The zero-order valence-corrected chi connectivity index (χ0v) is 16.1. The van der Waals surface area contributed by atoms with Crippen molar-refractivity contribution in [3.05, 3.63) is 36.2 Å².